The molecule has 0 spiro atoms. The highest BCUT2D eigenvalue weighted by molar-refractivity contribution is 5.25. The van der Waals surface area contributed by atoms with Crippen molar-refractivity contribution in [2.75, 3.05) is 25.6 Å². The molecule has 0 aliphatic heterocycles. The van der Waals surface area contributed by atoms with Gasteiger partial charge in [-0.3, -0.25) is 0 Å². The molecule has 84 valence electrons. The molecule has 4 nitrogen and oxygen atoms in total. The minimum absolute atomic E-state index is 0.0538. The van der Waals surface area contributed by atoms with Crippen molar-refractivity contribution >= 4 is 5.95 Å². The molecule has 0 aliphatic carbocycles. The van der Waals surface area contributed by atoms with Gasteiger partial charge in [0.2, 0.25) is 5.95 Å². The van der Waals surface area contributed by atoms with Crippen LogP contribution < -0.4 is 5.32 Å². The van der Waals surface area contributed by atoms with Gasteiger partial charge in [-0.25, -0.2) is 9.97 Å². The van der Waals surface area contributed by atoms with Gasteiger partial charge in [0.25, 0.3) is 0 Å². The molecule has 0 aliphatic rings. The van der Waals surface area contributed by atoms with Crippen LogP contribution in [0.15, 0.2) is 12.3 Å². The Morgan fingerprint density at radius 3 is 2.80 bits per heavy atom. The van der Waals surface area contributed by atoms with Gasteiger partial charge in [0.15, 0.2) is 0 Å². The highest BCUT2D eigenvalue weighted by Crippen LogP contribution is 2.27. The van der Waals surface area contributed by atoms with Gasteiger partial charge >= 0.3 is 6.18 Å². The van der Waals surface area contributed by atoms with Crippen LogP contribution in [0.25, 0.3) is 0 Å². The number of halogens is 3. The van der Waals surface area contributed by atoms with Crippen molar-refractivity contribution in [2.45, 2.75) is 6.18 Å². The minimum Gasteiger partial charge on any atom is -0.383 e. The third kappa shape index (κ3) is 3.70. The van der Waals surface area contributed by atoms with E-state index in [2.05, 4.69) is 15.3 Å². The quantitative estimate of drug-likeness (QED) is 0.783. The predicted octanol–water partition coefficient (Wildman–Crippen LogP) is 1.55. The number of methoxy groups -OCH3 is 1. The van der Waals surface area contributed by atoms with Crippen LogP contribution in [0, 0.1) is 0 Å². The molecule has 15 heavy (non-hydrogen) atoms. The molecular weight excluding hydrogens is 211 g/mol. The maximum atomic E-state index is 12.2. The summed E-state index contributed by atoms with van der Waals surface area (Å²) in [5, 5.41) is 2.61. The third-order valence-electron chi connectivity index (χ3n) is 1.54. The van der Waals surface area contributed by atoms with Gasteiger partial charge < -0.3 is 10.1 Å². The van der Waals surface area contributed by atoms with Crippen molar-refractivity contribution in [3.8, 4) is 0 Å². The molecule has 1 heterocycles. The Hall–Kier alpha value is -1.37. The molecule has 1 aromatic rings. The zero-order valence-electron chi connectivity index (χ0n) is 8.01. The molecule has 1 aromatic heterocycles. The number of nitrogens with one attached hydrogen (secondary N) is 1. The fourth-order valence-corrected chi connectivity index (χ4v) is 0.867. The molecule has 1 N–H and O–H groups in total. The fraction of sp³-hybridized carbons (Fsp3) is 0.500. The third-order valence-corrected chi connectivity index (χ3v) is 1.54. The first-order valence-electron chi connectivity index (χ1n) is 4.17. The molecule has 0 amide bonds. The molecule has 0 saturated carbocycles. The number of alkyl halides is 3. The highest BCUT2D eigenvalue weighted by Gasteiger charge is 2.32. The van der Waals surface area contributed by atoms with Gasteiger partial charge in [0.05, 0.1) is 6.61 Å². The maximum Gasteiger partial charge on any atom is 0.433 e. The van der Waals surface area contributed by atoms with Crippen molar-refractivity contribution in [1.29, 1.82) is 0 Å². The summed E-state index contributed by atoms with van der Waals surface area (Å²) in [5.74, 6) is -0.0538. The Kier molecular flexibility index (Phi) is 3.84. The standard InChI is InChI=1S/C8H10F3N3O/c1-15-5-4-13-7-12-3-2-6(14-7)8(9,10)11/h2-3H,4-5H2,1H3,(H,12,13,14). The summed E-state index contributed by atoms with van der Waals surface area (Å²) in [7, 11) is 1.49. The van der Waals surface area contributed by atoms with E-state index < -0.39 is 11.9 Å². The second-order valence-corrected chi connectivity index (χ2v) is 2.68. The molecule has 1 rings (SSSR count). The molecule has 0 bridgehead atoms. The summed E-state index contributed by atoms with van der Waals surface area (Å²) in [6.45, 7) is 0.734. The molecule has 0 atom stereocenters. The van der Waals surface area contributed by atoms with E-state index in [1.165, 1.54) is 7.11 Å². The van der Waals surface area contributed by atoms with Crippen molar-refractivity contribution in [2.24, 2.45) is 0 Å². The van der Waals surface area contributed by atoms with E-state index in [-0.39, 0.29) is 5.95 Å². The van der Waals surface area contributed by atoms with Gasteiger partial charge in [-0.15, -0.1) is 0 Å². The topological polar surface area (TPSA) is 47.0 Å². The first-order valence-corrected chi connectivity index (χ1v) is 4.17. The average Bonchev–Trinajstić information content (AvgIpc) is 2.17. The zero-order chi connectivity index (χ0) is 11.3. The van der Waals surface area contributed by atoms with Gasteiger partial charge in [0.1, 0.15) is 5.69 Å². The van der Waals surface area contributed by atoms with Gasteiger partial charge in [0, 0.05) is 19.9 Å². The van der Waals surface area contributed by atoms with E-state index in [4.69, 9.17) is 4.74 Å². The molecule has 0 unspecified atom stereocenters. The summed E-state index contributed by atoms with van der Waals surface area (Å²) in [6, 6.07) is 0.821. The van der Waals surface area contributed by atoms with Crippen LogP contribution in [0.2, 0.25) is 0 Å². The molecule has 0 radical (unpaired) electrons. The second kappa shape index (κ2) is 4.92. The van der Waals surface area contributed by atoms with Crippen LogP contribution in [0.1, 0.15) is 5.69 Å². The van der Waals surface area contributed by atoms with Crippen LogP contribution in [0.5, 0.6) is 0 Å². The zero-order valence-corrected chi connectivity index (χ0v) is 8.01. The van der Waals surface area contributed by atoms with Crippen LogP contribution in [0.3, 0.4) is 0 Å². The second-order valence-electron chi connectivity index (χ2n) is 2.68. The SMILES string of the molecule is COCCNc1nccc(C(F)(F)F)n1. The summed E-state index contributed by atoms with van der Waals surface area (Å²) >= 11 is 0. The first kappa shape index (κ1) is 11.7. The van der Waals surface area contributed by atoms with Gasteiger partial charge in [-0.1, -0.05) is 0 Å². The van der Waals surface area contributed by atoms with Crippen LogP contribution >= 0.6 is 0 Å². The summed E-state index contributed by atoms with van der Waals surface area (Å²) in [5.41, 5.74) is -0.961. The van der Waals surface area contributed by atoms with E-state index in [1.807, 2.05) is 0 Å². The largest absolute Gasteiger partial charge is 0.433 e. The molecule has 0 fully saturated rings. The Bertz CT molecular complexity index is 316. The van der Waals surface area contributed by atoms with E-state index in [1.54, 1.807) is 0 Å². The van der Waals surface area contributed by atoms with Crippen molar-refractivity contribution in [1.82, 2.24) is 9.97 Å². The number of hydrogen-bond donors (Lipinski definition) is 1. The van der Waals surface area contributed by atoms with E-state index >= 15 is 0 Å². The van der Waals surface area contributed by atoms with Crippen LogP contribution in [0.4, 0.5) is 19.1 Å². The van der Waals surface area contributed by atoms with E-state index in [0.717, 1.165) is 12.3 Å². The van der Waals surface area contributed by atoms with Gasteiger partial charge in [-0.05, 0) is 6.07 Å². The lowest BCUT2D eigenvalue weighted by atomic mass is 10.4. The number of ether oxygens (including phenoxy) is 1. The predicted molar refractivity (Wildman–Crippen MR) is 47.4 cm³/mol. The average molecular weight is 221 g/mol. The lowest BCUT2D eigenvalue weighted by Gasteiger charge is -2.07. The van der Waals surface area contributed by atoms with Crippen molar-refractivity contribution in [3.63, 3.8) is 0 Å². The smallest absolute Gasteiger partial charge is 0.383 e. The van der Waals surface area contributed by atoms with Crippen LogP contribution in [-0.2, 0) is 10.9 Å². The Balaban J connectivity index is 2.66. The fourth-order valence-electron chi connectivity index (χ4n) is 0.867. The summed E-state index contributed by atoms with van der Waals surface area (Å²) in [4.78, 5) is 6.96. The number of nitrogens with zero attached hydrogens (tertiary/aromatic N) is 2. The molecular formula is C8H10F3N3O. The van der Waals surface area contributed by atoms with E-state index in [0.29, 0.717) is 13.2 Å². The van der Waals surface area contributed by atoms with Crippen LogP contribution in [-0.4, -0.2) is 30.2 Å². The van der Waals surface area contributed by atoms with E-state index in [9.17, 15) is 13.2 Å². The van der Waals surface area contributed by atoms with Gasteiger partial charge in [-0.2, -0.15) is 13.2 Å². The Morgan fingerprint density at radius 1 is 1.47 bits per heavy atom. The first-order chi connectivity index (χ1) is 7.04. The normalized spacial score (nSPS) is 11.5. The number of anilines is 1. The number of aromatic nitrogens is 2. The minimum atomic E-state index is -4.44. The molecule has 0 saturated heterocycles. The maximum absolute atomic E-state index is 12.2. The summed E-state index contributed by atoms with van der Waals surface area (Å²) in [6.07, 6.45) is -3.38. The number of rotatable bonds is 4. The Morgan fingerprint density at radius 2 is 2.20 bits per heavy atom. The van der Waals surface area contributed by atoms with Crippen molar-refractivity contribution < 1.29 is 17.9 Å². The number of hydrogen-bond acceptors (Lipinski definition) is 4. The lowest BCUT2D eigenvalue weighted by Crippen LogP contribution is -2.14. The lowest BCUT2D eigenvalue weighted by molar-refractivity contribution is -0.141. The monoisotopic (exact) mass is 221 g/mol. The Labute approximate surface area is 84.5 Å². The summed E-state index contributed by atoms with van der Waals surface area (Å²) < 4.78 is 41.4. The molecule has 7 heteroatoms. The highest BCUT2D eigenvalue weighted by atomic mass is 19.4. The van der Waals surface area contributed by atoms with Crippen molar-refractivity contribution in [3.05, 3.63) is 18.0 Å². The molecule has 0 aromatic carbocycles.